The number of rotatable bonds is 14. The Labute approximate surface area is 172 Å². The van der Waals surface area contributed by atoms with Crippen LogP contribution in [0.5, 0.6) is 0 Å². The average Bonchev–Trinajstić information content (AvgIpc) is 2.73. The minimum Gasteiger partial charge on any atom is -0.465 e. The van der Waals surface area contributed by atoms with E-state index in [2.05, 4.69) is 27.7 Å². The summed E-state index contributed by atoms with van der Waals surface area (Å²) in [5, 5.41) is 0. The Kier molecular flexibility index (Phi) is 12.9. The molecule has 28 heavy (non-hydrogen) atoms. The number of hydrogen-bond acceptors (Lipinski definition) is 4. The standard InChI is InChI=1S/C24H42O4/c1-5-9-13-19(7-3)17-27-23(25)21-15-11-12-16-22(21)24(26)28-18-20(8-4)14-10-6-2/h11-12,19-22H,5-10,13-18H2,1-4H3/t19-,20-,21-,22+/m0/s1. The van der Waals surface area contributed by atoms with Gasteiger partial charge in [-0.1, -0.05) is 78.4 Å². The summed E-state index contributed by atoms with van der Waals surface area (Å²) < 4.78 is 11.3. The average molecular weight is 395 g/mol. The summed E-state index contributed by atoms with van der Waals surface area (Å²) in [7, 11) is 0. The molecule has 0 heterocycles. The van der Waals surface area contributed by atoms with Gasteiger partial charge in [0.05, 0.1) is 25.0 Å². The third-order valence-corrected chi connectivity index (χ3v) is 6.05. The lowest BCUT2D eigenvalue weighted by molar-refractivity contribution is -0.162. The molecule has 0 saturated heterocycles. The van der Waals surface area contributed by atoms with E-state index < -0.39 is 11.8 Å². The van der Waals surface area contributed by atoms with Crippen LogP contribution in [-0.4, -0.2) is 25.2 Å². The number of unbranched alkanes of at least 4 members (excludes halogenated alkanes) is 2. The van der Waals surface area contributed by atoms with Crippen LogP contribution in [0, 0.1) is 23.7 Å². The first kappa shape index (κ1) is 24.7. The van der Waals surface area contributed by atoms with Crippen LogP contribution in [0.2, 0.25) is 0 Å². The van der Waals surface area contributed by atoms with E-state index in [4.69, 9.17) is 9.47 Å². The van der Waals surface area contributed by atoms with Gasteiger partial charge in [-0.15, -0.1) is 0 Å². The Morgan fingerprint density at radius 2 is 1.18 bits per heavy atom. The van der Waals surface area contributed by atoms with Gasteiger partial charge in [0, 0.05) is 0 Å². The van der Waals surface area contributed by atoms with Crippen molar-refractivity contribution in [3.8, 4) is 0 Å². The molecule has 4 nitrogen and oxygen atoms in total. The molecule has 0 aromatic carbocycles. The van der Waals surface area contributed by atoms with E-state index in [1.807, 2.05) is 12.2 Å². The summed E-state index contributed by atoms with van der Waals surface area (Å²) in [6.07, 6.45) is 13.9. The van der Waals surface area contributed by atoms with Gasteiger partial charge in [-0.3, -0.25) is 9.59 Å². The predicted molar refractivity (Wildman–Crippen MR) is 114 cm³/mol. The van der Waals surface area contributed by atoms with Crippen molar-refractivity contribution in [1.29, 1.82) is 0 Å². The van der Waals surface area contributed by atoms with E-state index >= 15 is 0 Å². The zero-order valence-corrected chi connectivity index (χ0v) is 18.6. The maximum Gasteiger partial charge on any atom is 0.310 e. The van der Waals surface area contributed by atoms with E-state index in [9.17, 15) is 9.59 Å². The van der Waals surface area contributed by atoms with Gasteiger partial charge in [0.1, 0.15) is 0 Å². The molecule has 0 fully saturated rings. The van der Waals surface area contributed by atoms with Gasteiger partial charge in [-0.05, 0) is 37.5 Å². The van der Waals surface area contributed by atoms with Crippen molar-refractivity contribution >= 4 is 11.9 Å². The van der Waals surface area contributed by atoms with Crippen LogP contribution in [0.15, 0.2) is 12.2 Å². The first-order valence-electron chi connectivity index (χ1n) is 11.5. The highest BCUT2D eigenvalue weighted by atomic mass is 16.5. The Morgan fingerprint density at radius 3 is 1.50 bits per heavy atom. The van der Waals surface area contributed by atoms with Crippen molar-refractivity contribution in [2.75, 3.05) is 13.2 Å². The smallest absolute Gasteiger partial charge is 0.310 e. The fraction of sp³-hybridized carbons (Fsp3) is 0.833. The van der Waals surface area contributed by atoms with Crippen molar-refractivity contribution in [3.63, 3.8) is 0 Å². The molecule has 0 aromatic heterocycles. The number of allylic oxidation sites excluding steroid dienone is 2. The van der Waals surface area contributed by atoms with Crippen LogP contribution in [0.25, 0.3) is 0 Å². The Morgan fingerprint density at radius 1 is 0.786 bits per heavy atom. The van der Waals surface area contributed by atoms with Crippen molar-refractivity contribution in [1.82, 2.24) is 0 Å². The minimum atomic E-state index is -0.406. The SMILES string of the molecule is CCCC[C@H](CC)COC(=O)[C@H]1CC=CC[C@H]1C(=O)OC[C@@H](CC)CCCC. The van der Waals surface area contributed by atoms with Crippen LogP contribution < -0.4 is 0 Å². The topological polar surface area (TPSA) is 52.6 Å². The van der Waals surface area contributed by atoms with Crippen molar-refractivity contribution in [2.24, 2.45) is 23.7 Å². The lowest BCUT2D eigenvalue weighted by Gasteiger charge is -2.27. The van der Waals surface area contributed by atoms with Gasteiger partial charge in [-0.25, -0.2) is 0 Å². The molecule has 0 aromatic rings. The monoisotopic (exact) mass is 394 g/mol. The third-order valence-electron chi connectivity index (χ3n) is 6.05. The number of carbonyl (C=O) groups is 2. The van der Waals surface area contributed by atoms with E-state index in [1.165, 1.54) is 0 Å². The largest absolute Gasteiger partial charge is 0.465 e. The zero-order valence-electron chi connectivity index (χ0n) is 18.6. The molecular formula is C24H42O4. The van der Waals surface area contributed by atoms with Crippen molar-refractivity contribution < 1.29 is 19.1 Å². The Balaban J connectivity index is 2.56. The predicted octanol–water partition coefficient (Wildman–Crippen LogP) is 6.09. The molecule has 162 valence electrons. The molecule has 0 bridgehead atoms. The fourth-order valence-corrected chi connectivity index (χ4v) is 3.75. The zero-order chi connectivity index (χ0) is 20.8. The molecule has 0 amide bonds. The molecule has 4 atom stereocenters. The van der Waals surface area contributed by atoms with Gasteiger partial charge in [-0.2, -0.15) is 0 Å². The quantitative estimate of drug-likeness (QED) is 0.264. The minimum absolute atomic E-state index is 0.237. The second-order valence-electron chi connectivity index (χ2n) is 8.25. The molecule has 1 rings (SSSR count). The first-order valence-corrected chi connectivity index (χ1v) is 11.5. The normalized spacial score (nSPS) is 21.1. The number of hydrogen-bond donors (Lipinski definition) is 0. The van der Waals surface area contributed by atoms with E-state index in [-0.39, 0.29) is 11.9 Å². The second kappa shape index (κ2) is 14.6. The van der Waals surface area contributed by atoms with Gasteiger partial charge in [0.2, 0.25) is 0 Å². The van der Waals surface area contributed by atoms with Crippen LogP contribution >= 0.6 is 0 Å². The molecule has 0 radical (unpaired) electrons. The Bertz CT molecular complexity index is 429. The summed E-state index contributed by atoms with van der Waals surface area (Å²) in [6.45, 7) is 9.56. The highest BCUT2D eigenvalue weighted by Crippen LogP contribution is 2.29. The van der Waals surface area contributed by atoms with Crippen LogP contribution in [0.3, 0.4) is 0 Å². The molecule has 4 heteroatoms. The fourth-order valence-electron chi connectivity index (χ4n) is 3.75. The van der Waals surface area contributed by atoms with Gasteiger partial charge < -0.3 is 9.47 Å². The molecule has 1 aliphatic carbocycles. The van der Waals surface area contributed by atoms with E-state index in [1.54, 1.807) is 0 Å². The lowest BCUT2D eigenvalue weighted by Crippen LogP contribution is -2.35. The Hall–Kier alpha value is -1.32. The summed E-state index contributed by atoms with van der Waals surface area (Å²) >= 11 is 0. The van der Waals surface area contributed by atoms with Crippen LogP contribution in [0.4, 0.5) is 0 Å². The second-order valence-corrected chi connectivity index (χ2v) is 8.25. The van der Waals surface area contributed by atoms with E-state index in [0.717, 1.165) is 51.4 Å². The summed E-state index contributed by atoms with van der Waals surface area (Å²) in [5.41, 5.74) is 0. The molecule has 0 N–H and O–H groups in total. The molecule has 0 aliphatic heterocycles. The summed E-state index contributed by atoms with van der Waals surface area (Å²) in [4.78, 5) is 25.4. The van der Waals surface area contributed by atoms with E-state index in [0.29, 0.717) is 37.9 Å². The highest BCUT2D eigenvalue weighted by molar-refractivity contribution is 5.82. The molecule has 1 aliphatic rings. The summed E-state index contributed by atoms with van der Waals surface area (Å²) in [5.74, 6) is -0.457. The van der Waals surface area contributed by atoms with Gasteiger partial charge in [0.15, 0.2) is 0 Å². The first-order chi connectivity index (χ1) is 13.6. The van der Waals surface area contributed by atoms with Crippen molar-refractivity contribution in [2.45, 2.75) is 91.9 Å². The highest BCUT2D eigenvalue weighted by Gasteiger charge is 2.36. The number of esters is 2. The van der Waals surface area contributed by atoms with Crippen LogP contribution in [-0.2, 0) is 19.1 Å². The molecule has 0 spiro atoms. The lowest BCUT2D eigenvalue weighted by atomic mass is 9.83. The molecular weight excluding hydrogens is 352 g/mol. The van der Waals surface area contributed by atoms with Crippen LogP contribution in [0.1, 0.15) is 91.9 Å². The number of carbonyl (C=O) groups excluding carboxylic acids is 2. The van der Waals surface area contributed by atoms with Gasteiger partial charge >= 0.3 is 11.9 Å². The number of ether oxygens (including phenoxy) is 2. The molecule has 0 unspecified atom stereocenters. The summed E-state index contributed by atoms with van der Waals surface area (Å²) in [6, 6.07) is 0. The maximum absolute atomic E-state index is 12.7. The van der Waals surface area contributed by atoms with Crippen molar-refractivity contribution in [3.05, 3.63) is 12.2 Å². The molecule has 0 saturated carbocycles. The maximum atomic E-state index is 12.7. The van der Waals surface area contributed by atoms with Gasteiger partial charge in [0.25, 0.3) is 0 Å². The third kappa shape index (κ3) is 8.79.